The largest absolute Gasteiger partial charge is 0.493 e. The van der Waals surface area contributed by atoms with Crippen LogP contribution in [0.4, 0.5) is 0 Å². The Morgan fingerprint density at radius 2 is 1.88 bits per heavy atom. The van der Waals surface area contributed by atoms with Crippen molar-refractivity contribution in [3.8, 4) is 22.9 Å². The van der Waals surface area contributed by atoms with E-state index in [0.29, 0.717) is 38.0 Å². The number of hydrogen-bond acceptors (Lipinski definition) is 6. The Bertz CT molecular complexity index is 1460. The van der Waals surface area contributed by atoms with Crippen LogP contribution >= 0.6 is 15.9 Å². The van der Waals surface area contributed by atoms with Crippen LogP contribution in [0.25, 0.3) is 22.4 Å². The minimum atomic E-state index is -4.10. The topological polar surface area (TPSA) is 124 Å². The lowest BCUT2D eigenvalue weighted by atomic mass is 10.2. The third kappa shape index (κ3) is 3.94. The van der Waals surface area contributed by atoms with Crippen molar-refractivity contribution < 1.29 is 22.1 Å². The number of halogens is 1. The summed E-state index contributed by atoms with van der Waals surface area (Å²) in [5.41, 5.74) is 7.95. The molecule has 0 aliphatic rings. The zero-order chi connectivity index (χ0) is 23.0. The summed E-state index contributed by atoms with van der Waals surface area (Å²) in [6.07, 6.45) is 0. The molecule has 0 aliphatic carbocycles. The number of aromatic nitrogens is 2. The minimum absolute atomic E-state index is 0.00781. The zero-order valence-electron chi connectivity index (χ0n) is 17.0. The van der Waals surface area contributed by atoms with Gasteiger partial charge in [-0.2, -0.15) is 8.42 Å². The molecular weight excluding hydrogens is 498 g/mol. The van der Waals surface area contributed by atoms with Crippen LogP contribution < -0.4 is 14.7 Å². The Morgan fingerprint density at radius 1 is 1.12 bits per heavy atom. The van der Waals surface area contributed by atoms with Gasteiger partial charge < -0.3 is 19.6 Å². The number of rotatable bonds is 6. The molecule has 0 fully saturated rings. The molecule has 0 saturated carbocycles. The summed E-state index contributed by atoms with van der Waals surface area (Å²) in [7, 11) is -2.69. The molecule has 0 unspecified atom stereocenters. The molecule has 3 aromatic carbocycles. The second-order valence-electron chi connectivity index (χ2n) is 6.94. The molecule has 4 aromatic rings. The summed E-state index contributed by atoms with van der Waals surface area (Å²) in [4.78, 5) is 19.4. The van der Waals surface area contributed by atoms with E-state index in [4.69, 9.17) is 14.7 Å². The van der Waals surface area contributed by atoms with Crippen molar-refractivity contribution in [3.63, 3.8) is 0 Å². The molecule has 4 rings (SSSR count). The highest BCUT2D eigenvalue weighted by Gasteiger charge is 2.24. The van der Waals surface area contributed by atoms with Crippen molar-refractivity contribution in [1.82, 2.24) is 9.97 Å². The van der Waals surface area contributed by atoms with E-state index in [2.05, 4.69) is 25.9 Å². The number of benzene rings is 3. The van der Waals surface area contributed by atoms with Crippen molar-refractivity contribution in [2.45, 2.75) is 11.8 Å². The number of hydrogen-bond donors (Lipinski definition) is 2. The average Bonchev–Trinajstić information content (AvgIpc) is 3.19. The number of carbonyl (C=O) groups is 1. The van der Waals surface area contributed by atoms with Gasteiger partial charge in [-0.25, -0.2) is 4.98 Å². The van der Waals surface area contributed by atoms with Gasteiger partial charge in [0.05, 0.1) is 22.7 Å². The van der Waals surface area contributed by atoms with Gasteiger partial charge in [0.25, 0.3) is 5.91 Å². The van der Waals surface area contributed by atoms with E-state index >= 15 is 0 Å². The molecule has 0 bridgehead atoms. The lowest BCUT2D eigenvalue weighted by Crippen LogP contribution is -2.12. The quantitative estimate of drug-likeness (QED) is 0.371. The maximum Gasteiger partial charge on any atom is 0.339 e. The maximum absolute atomic E-state index is 12.9. The van der Waals surface area contributed by atoms with Gasteiger partial charge in [0.2, 0.25) is 0 Å². The predicted molar refractivity (Wildman–Crippen MR) is 123 cm³/mol. The second-order valence-corrected chi connectivity index (χ2v) is 9.31. The third-order valence-electron chi connectivity index (χ3n) is 4.84. The Hall–Kier alpha value is -3.37. The van der Waals surface area contributed by atoms with Gasteiger partial charge in [0.15, 0.2) is 11.5 Å². The molecule has 0 spiro atoms. The molecule has 0 radical (unpaired) electrons. The number of amides is 1. The first-order chi connectivity index (χ1) is 15.2. The minimum Gasteiger partial charge on any atom is -0.493 e. The highest BCUT2D eigenvalue weighted by atomic mass is 79.9. The Labute approximate surface area is 192 Å². The molecular formula is C22H18BrN3O5S. The fraction of sp³-hybridized carbons (Fsp3) is 0.0909. The fourth-order valence-corrected chi connectivity index (χ4v) is 5.12. The SMILES string of the molecule is COc1cc(-c2nc3c(C(N)=O)cccc3[nH]2)cc(Br)c1OS(=O)(=O)c1ccccc1C. The lowest BCUT2D eigenvalue weighted by Gasteiger charge is -2.14. The van der Waals surface area contributed by atoms with Crippen molar-refractivity contribution in [2.75, 3.05) is 7.11 Å². The Morgan fingerprint density at radius 3 is 2.56 bits per heavy atom. The first-order valence-corrected chi connectivity index (χ1v) is 11.6. The first-order valence-electron chi connectivity index (χ1n) is 9.38. The zero-order valence-corrected chi connectivity index (χ0v) is 19.5. The number of nitrogens with two attached hydrogens (primary N) is 1. The molecule has 1 amide bonds. The molecule has 32 heavy (non-hydrogen) atoms. The van der Waals surface area contributed by atoms with Crippen LogP contribution in [0, 0.1) is 6.92 Å². The third-order valence-corrected chi connectivity index (χ3v) is 6.81. The van der Waals surface area contributed by atoms with Crippen LogP contribution in [0.5, 0.6) is 11.5 Å². The monoisotopic (exact) mass is 515 g/mol. The summed E-state index contributed by atoms with van der Waals surface area (Å²) in [6.45, 7) is 1.69. The number of H-pyrrole nitrogens is 1. The number of aromatic amines is 1. The number of methoxy groups -OCH3 is 1. The molecule has 3 N–H and O–H groups in total. The number of imidazole rings is 1. The molecule has 0 atom stereocenters. The molecule has 0 saturated heterocycles. The number of primary amides is 1. The molecule has 164 valence electrons. The lowest BCUT2D eigenvalue weighted by molar-refractivity contribution is 0.100. The van der Waals surface area contributed by atoms with Crippen molar-refractivity contribution >= 4 is 43.0 Å². The summed E-state index contributed by atoms with van der Waals surface area (Å²) in [6, 6.07) is 14.8. The summed E-state index contributed by atoms with van der Waals surface area (Å²) in [5, 5.41) is 0. The number of ether oxygens (including phenoxy) is 1. The Kier molecular flexibility index (Phi) is 5.66. The number of nitrogens with zero attached hydrogens (tertiary/aromatic N) is 1. The van der Waals surface area contributed by atoms with Gasteiger partial charge in [0.1, 0.15) is 16.2 Å². The first kappa shape index (κ1) is 21.8. The van der Waals surface area contributed by atoms with Gasteiger partial charge in [-0.1, -0.05) is 24.3 Å². The number of nitrogens with one attached hydrogen (secondary N) is 1. The number of fused-ring (bicyclic) bond motifs is 1. The Balaban J connectivity index is 1.78. The van der Waals surface area contributed by atoms with E-state index in [1.165, 1.54) is 13.2 Å². The van der Waals surface area contributed by atoms with Crippen LogP contribution in [-0.4, -0.2) is 31.4 Å². The van der Waals surface area contributed by atoms with Crippen LogP contribution in [0.1, 0.15) is 15.9 Å². The van der Waals surface area contributed by atoms with E-state index < -0.39 is 16.0 Å². The molecule has 1 aromatic heterocycles. The van der Waals surface area contributed by atoms with Crippen molar-refractivity contribution in [3.05, 3.63) is 70.2 Å². The molecule has 8 nitrogen and oxygen atoms in total. The summed E-state index contributed by atoms with van der Waals surface area (Å²) < 4.78 is 36.9. The standard InChI is InChI=1S/C22H18BrN3O5S/c1-12-6-3-4-9-18(12)32(28,29)31-20-15(23)10-13(11-17(20)30-2)22-25-16-8-5-7-14(21(24)27)19(16)26-22/h3-11H,1-2H3,(H2,24,27)(H,25,26). The predicted octanol–water partition coefficient (Wildman–Crippen LogP) is 4.18. The van der Waals surface area contributed by atoms with E-state index in [9.17, 15) is 13.2 Å². The second kappa shape index (κ2) is 8.29. The number of carbonyl (C=O) groups excluding carboxylic acids is 1. The highest BCUT2D eigenvalue weighted by molar-refractivity contribution is 9.10. The van der Waals surface area contributed by atoms with Gasteiger partial charge in [-0.3, -0.25) is 4.79 Å². The van der Waals surface area contributed by atoms with Crippen LogP contribution in [0.2, 0.25) is 0 Å². The van der Waals surface area contributed by atoms with E-state index in [0.717, 1.165) is 0 Å². The van der Waals surface area contributed by atoms with E-state index in [1.807, 2.05) is 0 Å². The molecule has 0 aliphatic heterocycles. The van der Waals surface area contributed by atoms with Gasteiger partial charge >= 0.3 is 10.1 Å². The number of para-hydroxylation sites is 1. The van der Waals surface area contributed by atoms with Crippen molar-refractivity contribution in [2.24, 2.45) is 5.73 Å². The smallest absolute Gasteiger partial charge is 0.339 e. The van der Waals surface area contributed by atoms with Gasteiger partial charge in [0, 0.05) is 5.56 Å². The van der Waals surface area contributed by atoms with Crippen molar-refractivity contribution in [1.29, 1.82) is 0 Å². The van der Waals surface area contributed by atoms with E-state index in [1.54, 1.807) is 55.5 Å². The summed E-state index contributed by atoms with van der Waals surface area (Å²) >= 11 is 3.38. The van der Waals surface area contributed by atoms with Crippen LogP contribution in [-0.2, 0) is 10.1 Å². The van der Waals surface area contributed by atoms with E-state index in [-0.39, 0.29) is 16.4 Å². The molecule has 10 heteroatoms. The van der Waals surface area contributed by atoms with Crippen LogP contribution in [0.3, 0.4) is 0 Å². The maximum atomic E-state index is 12.9. The number of aryl methyl sites for hydroxylation is 1. The normalized spacial score (nSPS) is 11.5. The van der Waals surface area contributed by atoms with Crippen LogP contribution in [0.15, 0.2) is 64.0 Å². The molecule has 1 heterocycles. The fourth-order valence-electron chi connectivity index (χ4n) is 3.30. The average molecular weight is 516 g/mol. The van der Waals surface area contributed by atoms with Gasteiger partial charge in [-0.15, -0.1) is 0 Å². The highest BCUT2D eigenvalue weighted by Crippen LogP contribution is 2.41. The summed E-state index contributed by atoms with van der Waals surface area (Å²) in [5.74, 6) is 0.0501. The van der Waals surface area contributed by atoms with Gasteiger partial charge in [-0.05, 0) is 58.7 Å².